The summed E-state index contributed by atoms with van der Waals surface area (Å²) in [5.74, 6) is -0.502. The summed E-state index contributed by atoms with van der Waals surface area (Å²) in [6.07, 6.45) is 2.39. The first-order valence-corrected chi connectivity index (χ1v) is 10.4. The van der Waals surface area contributed by atoms with Crippen LogP contribution >= 0.6 is 0 Å². The smallest absolute Gasteiger partial charge is 0.228 e. The summed E-state index contributed by atoms with van der Waals surface area (Å²) < 4.78 is 29.9. The van der Waals surface area contributed by atoms with Gasteiger partial charge in [0.05, 0.1) is 25.0 Å². The number of methoxy groups -OCH3 is 1. The lowest BCUT2D eigenvalue weighted by Crippen LogP contribution is -2.47. The van der Waals surface area contributed by atoms with Crippen molar-refractivity contribution >= 4 is 27.5 Å². The fourth-order valence-corrected chi connectivity index (χ4v) is 4.37. The first kappa shape index (κ1) is 18.7. The van der Waals surface area contributed by atoms with Gasteiger partial charge in [0.15, 0.2) is 0 Å². The second kappa shape index (κ2) is 7.24. The molecule has 2 amide bonds. The molecule has 0 spiro atoms. The number of hydrogen-bond donors (Lipinski definition) is 2. The van der Waals surface area contributed by atoms with Crippen LogP contribution in [0.25, 0.3) is 0 Å². The van der Waals surface area contributed by atoms with Crippen molar-refractivity contribution in [1.82, 2.24) is 9.62 Å². The van der Waals surface area contributed by atoms with E-state index in [1.165, 1.54) is 17.7 Å². The molecule has 0 saturated carbocycles. The van der Waals surface area contributed by atoms with Crippen molar-refractivity contribution in [1.29, 1.82) is 0 Å². The van der Waals surface area contributed by atoms with E-state index < -0.39 is 15.9 Å². The fourth-order valence-electron chi connectivity index (χ4n) is 3.50. The third-order valence-corrected chi connectivity index (χ3v) is 6.20. The second-order valence-electron chi connectivity index (χ2n) is 6.67. The minimum absolute atomic E-state index is 0.0776. The molecular weight excluding hydrogens is 358 g/mol. The van der Waals surface area contributed by atoms with Gasteiger partial charge in [0, 0.05) is 25.6 Å². The Balaban J connectivity index is 1.71. The van der Waals surface area contributed by atoms with Crippen LogP contribution in [0, 0.1) is 0 Å². The zero-order chi connectivity index (χ0) is 18.9. The SMILES string of the molecule is COc1cccc2c1NC(=O)C[C@H]2C(=O)NC1CCN(S(C)(=O)=O)CC1. The van der Waals surface area contributed by atoms with Gasteiger partial charge < -0.3 is 15.4 Å². The molecule has 0 radical (unpaired) electrons. The van der Waals surface area contributed by atoms with Gasteiger partial charge in [0.1, 0.15) is 5.75 Å². The largest absolute Gasteiger partial charge is 0.495 e. The van der Waals surface area contributed by atoms with E-state index in [0.29, 0.717) is 37.4 Å². The van der Waals surface area contributed by atoms with Crippen molar-refractivity contribution in [3.63, 3.8) is 0 Å². The number of para-hydroxylation sites is 1. The molecule has 1 saturated heterocycles. The van der Waals surface area contributed by atoms with E-state index in [4.69, 9.17) is 4.74 Å². The van der Waals surface area contributed by atoms with Gasteiger partial charge in [0.2, 0.25) is 21.8 Å². The highest BCUT2D eigenvalue weighted by Crippen LogP contribution is 2.38. The molecule has 0 aliphatic carbocycles. The van der Waals surface area contributed by atoms with Gasteiger partial charge in [-0.1, -0.05) is 12.1 Å². The Kier molecular flexibility index (Phi) is 5.19. The van der Waals surface area contributed by atoms with Crippen LogP contribution in [-0.4, -0.2) is 57.0 Å². The summed E-state index contributed by atoms with van der Waals surface area (Å²) in [6.45, 7) is 0.776. The predicted molar refractivity (Wildman–Crippen MR) is 96.6 cm³/mol. The van der Waals surface area contributed by atoms with E-state index in [2.05, 4.69) is 10.6 Å². The predicted octanol–water partition coefficient (Wildman–Crippen LogP) is 0.661. The van der Waals surface area contributed by atoms with Gasteiger partial charge >= 0.3 is 0 Å². The minimum Gasteiger partial charge on any atom is -0.495 e. The van der Waals surface area contributed by atoms with E-state index in [1.54, 1.807) is 12.1 Å². The van der Waals surface area contributed by atoms with E-state index in [-0.39, 0.29) is 24.3 Å². The van der Waals surface area contributed by atoms with Crippen molar-refractivity contribution < 1.29 is 22.7 Å². The van der Waals surface area contributed by atoms with E-state index in [0.717, 1.165) is 5.56 Å². The van der Waals surface area contributed by atoms with Crippen molar-refractivity contribution in [3.8, 4) is 5.75 Å². The van der Waals surface area contributed by atoms with Crippen LogP contribution in [0.5, 0.6) is 5.75 Å². The Morgan fingerprint density at radius 3 is 2.62 bits per heavy atom. The third kappa shape index (κ3) is 3.83. The van der Waals surface area contributed by atoms with Crippen molar-refractivity contribution in [3.05, 3.63) is 23.8 Å². The summed E-state index contributed by atoms with van der Waals surface area (Å²) in [6, 6.07) is 5.24. The molecule has 26 heavy (non-hydrogen) atoms. The molecule has 0 bridgehead atoms. The highest BCUT2D eigenvalue weighted by atomic mass is 32.2. The number of carbonyl (C=O) groups excluding carboxylic acids is 2. The number of anilines is 1. The van der Waals surface area contributed by atoms with Gasteiger partial charge in [-0.3, -0.25) is 9.59 Å². The number of hydrogen-bond acceptors (Lipinski definition) is 5. The van der Waals surface area contributed by atoms with E-state index >= 15 is 0 Å². The Labute approximate surface area is 152 Å². The van der Waals surface area contributed by atoms with Crippen molar-refractivity contribution in [2.75, 3.05) is 31.8 Å². The molecule has 2 heterocycles. The number of amides is 2. The summed E-state index contributed by atoms with van der Waals surface area (Å²) in [5.41, 5.74) is 1.27. The van der Waals surface area contributed by atoms with Crippen LogP contribution in [0.3, 0.4) is 0 Å². The number of nitrogens with zero attached hydrogens (tertiary/aromatic N) is 1. The number of sulfonamides is 1. The lowest BCUT2D eigenvalue weighted by Gasteiger charge is -2.32. The first-order valence-electron chi connectivity index (χ1n) is 8.52. The zero-order valence-electron chi connectivity index (χ0n) is 14.8. The maximum absolute atomic E-state index is 12.8. The van der Waals surface area contributed by atoms with Gasteiger partial charge in [-0.25, -0.2) is 12.7 Å². The number of carbonyl (C=O) groups is 2. The molecule has 2 aliphatic rings. The van der Waals surface area contributed by atoms with Gasteiger partial charge in [-0.05, 0) is 24.5 Å². The Morgan fingerprint density at radius 1 is 1.31 bits per heavy atom. The van der Waals surface area contributed by atoms with Crippen LogP contribution in [0.2, 0.25) is 0 Å². The Hall–Kier alpha value is -2.13. The molecule has 1 aromatic carbocycles. The lowest BCUT2D eigenvalue weighted by atomic mass is 9.89. The number of nitrogens with one attached hydrogen (secondary N) is 2. The first-order chi connectivity index (χ1) is 12.3. The van der Waals surface area contributed by atoms with Gasteiger partial charge in [0.25, 0.3) is 0 Å². The van der Waals surface area contributed by atoms with Crippen LogP contribution < -0.4 is 15.4 Å². The summed E-state index contributed by atoms with van der Waals surface area (Å²) in [7, 11) is -1.68. The highest BCUT2D eigenvalue weighted by molar-refractivity contribution is 7.88. The van der Waals surface area contributed by atoms with Gasteiger partial charge in [-0.2, -0.15) is 0 Å². The van der Waals surface area contributed by atoms with Crippen molar-refractivity contribution in [2.45, 2.75) is 31.2 Å². The molecule has 1 fully saturated rings. The lowest BCUT2D eigenvalue weighted by molar-refractivity contribution is -0.127. The topological polar surface area (TPSA) is 105 Å². The van der Waals surface area contributed by atoms with Gasteiger partial charge in [-0.15, -0.1) is 0 Å². The number of ether oxygens (including phenoxy) is 1. The average molecular weight is 381 g/mol. The van der Waals surface area contributed by atoms with E-state index in [9.17, 15) is 18.0 Å². The summed E-state index contributed by atoms with van der Waals surface area (Å²) in [5, 5.41) is 5.75. The number of benzene rings is 1. The third-order valence-electron chi connectivity index (χ3n) is 4.89. The van der Waals surface area contributed by atoms with Crippen LogP contribution in [0.1, 0.15) is 30.7 Å². The summed E-state index contributed by atoms with van der Waals surface area (Å²) in [4.78, 5) is 24.8. The summed E-state index contributed by atoms with van der Waals surface area (Å²) >= 11 is 0. The molecule has 1 atom stereocenters. The standard InChI is InChI=1S/C17H23N3O5S/c1-25-14-5-3-4-12-13(10-15(21)19-16(12)14)17(22)18-11-6-8-20(9-7-11)26(2,23)24/h3-5,11,13H,6-10H2,1-2H3,(H,18,22)(H,19,21)/t13-/m1/s1. The Bertz CT molecular complexity index is 816. The average Bonchev–Trinajstić information content (AvgIpc) is 2.60. The molecule has 8 nitrogen and oxygen atoms in total. The Morgan fingerprint density at radius 2 is 2.00 bits per heavy atom. The second-order valence-corrected chi connectivity index (χ2v) is 8.66. The molecule has 0 aromatic heterocycles. The molecule has 9 heteroatoms. The zero-order valence-corrected chi connectivity index (χ0v) is 15.6. The minimum atomic E-state index is -3.20. The quantitative estimate of drug-likeness (QED) is 0.797. The monoisotopic (exact) mass is 381 g/mol. The molecule has 1 aromatic rings. The molecule has 2 aliphatic heterocycles. The normalized spacial score (nSPS) is 21.6. The number of rotatable bonds is 4. The fraction of sp³-hybridized carbons (Fsp3) is 0.529. The van der Waals surface area contributed by atoms with Crippen molar-refractivity contribution in [2.24, 2.45) is 0 Å². The highest BCUT2D eigenvalue weighted by Gasteiger charge is 2.34. The molecule has 2 N–H and O–H groups in total. The molecule has 0 unspecified atom stereocenters. The molecule has 142 valence electrons. The number of fused-ring (bicyclic) bond motifs is 1. The molecular formula is C17H23N3O5S. The number of piperidine rings is 1. The maximum Gasteiger partial charge on any atom is 0.228 e. The van der Waals surface area contributed by atoms with E-state index in [1.807, 2.05) is 6.07 Å². The maximum atomic E-state index is 12.8. The van der Waals surface area contributed by atoms with Crippen LogP contribution in [-0.2, 0) is 19.6 Å². The molecule has 3 rings (SSSR count). The van der Waals surface area contributed by atoms with Crippen LogP contribution in [0.15, 0.2) is 18.2 Å². The van der Waals surface area contributed by atoms with Crippen LogP contribution in [0.4, 0.5) is 5.69 Å².